The monoisotopic (exact) mass is 220 g/mol. The van der Waals surface area contributed by atoms with E-state index in [1.165, 1.54) is 0 Å². The Morgan fingerprint density at radius 3 is 2.50 bits per heavy atom. The number of carboxylic acids is 1. The molecule has 0 fully saturated rings. The molecule has 1 unspecified atom stereocenters. The van der Waals surface area contributed by atoms with Gasteiger partial charge in [0, 0.05) is 13.2 Å². The molecular formula is C9H16O4S. The molecule has 0 saturated heterocycles. The first-order valence-electron chi connectivity index (χ1n) is 4.60. The van der Waals surface area contributed by atoms with Gasteiger partial charge in [0.15, 0.2) is 5.05 Å². The Morgan fingerprint density at radius 2 is 2.07 bits per heavy atom. The standard InChI is InChI=1S/C9H16O4S/c1-3-12-6-5-7(8(10)11)9(14)13-4-2/h7H,3-6H2,1-2H3,(H,10,11). The summed E-state index contributed by atoms with van der Waals surface area (Å²) >= 11 is 4.84. The summed E-state index contributed by atoms with van der Waals surface area (Å²) in [6.45, 7) is 5.00. The van der Waals surface area contributed by atoms with E-state index in [9.17, 15) is 4.79 Å². The number of hydrogen-bond acceptors (Lipinski definition) is 4. The molecule has 4 nitrogen and oxygen atoms in total. The van der Waals surface area contributed by atoms with E-state index in [0.29, 0.717) is 26.2 Å². The highest BCUT2D eigenvalue weighted by Crippen LogP contribution is 2.08. The van der Waals surface area contributed by atoms with E-state index in [-0.39, 0.29) is 5.05 Å². The highest BCUT2D eigenvalue weighted by atomic mass is 32.1. The maximum absolute atomic E-state index is 10.8. The molecular weight excluding hydrogens is 204 g/mol. The molecule has 0 radical (unpaired) electrons. The molecule has 0 aromatic heterocycles. The Bertz CT molecular complexity index is 193. The predicted octanol–water partition coefficient (Wildman–Crippen LogP) is 1.48. The first-order valence-corrected chi connectivity index (χ1v) is 5.01. The number of rotatable bonds is 7. The first-order chi connectivity index (χ1) is 6.63. The number of thiocarbonyl (C=S) groups is 1. The van der Waals surface area contributed by atoms with Gasteiger partial charge in [-0.15, -0.1) is 0 Å². The second-order valence-electron chi connectivity index (χ2n) is 2.63. The number of carboxylic acid groups (broad SMARTS) is 1. The van der Waals surface area contributed by atoms with Crippen LogP contribution in [0.2, 0.25) is 0 Å². The average molecular weight is 220 g/mol. The lowest BCUT2D eigenvalue weighted by Gasteiger charge is -2.13. The van der Waals surface area contributed by atoms with Crippen LogP contribution in [-0.4, -0.2) is 35.9 Å². The van der Waals surface area contributed by atoms with Crippen molar-refractivity contribution in [1.82, 2.24) is 0 Å². The van der Waals surface area contributed by atoms with E-state index in [0.717, 1.165) is 0 Å². The van der Waals surface area contributed by atoms with E-state index >= 15 is 0 Å². The van der Waals surface area contributed by atoms with Gasteiger partial charge in [0.2, 0.25) is 0 Å². The molecule has 0 heterocycles. The summed E-state index contributed by atoms with van der Waals surface area (Å²) in [5.41, 5.74) is 0. The van der Waals surface area contributed by atoms with Crippen LogP contribution in [0.4, 0.5) is 0 Å². The minimum Gasteiger partial charge on any atom is -0.486 e. The van der Waals surface area contributed by atoms with Crippen LogP contribution in [0.5, 0.6) is 0 Å². The largest absolute Gasteiger partial charge is 0.486 e. The summed E-state index contributed by atoms with van der Waals surface area (Å²) in [5.74, 6) is -1.69. The molecule has 1 N–H and O–H groups in total. The Labute approximate surface area is 89.2 Å². The Kier molecular flexibility index (Phi) is 7.32. The van der Waals surface area contributed by atoms with Gasteiger partial charge in [-0.1, -0.05) is 0 Å². The molecule has 0 saturated carbocycles. The van der Waals surface area contributed by atoms with Gasteiger partial charge in [-0.3, -0.25) is 4.79 Å². The fourth-order valence-corrected chi connectivity index (χ4v) is 1.27. The summed E-state index contributed by atoms with van der Waals surface area (Å²) in [7, 11) is 0. The van der Waals surface area contributed by atoms with Crippen molar-refractivity contribution in [2.24, 2.45) is 5.92 Å². The molecule has 0 amide bonds. The molecule has 0 spiro atoms. The van der Waals surface area contributed by atoms with Gasteiger partial charge in [0.25, 0.3) is 0 Å². The van der Waals surface area contributed by atoms with Gasteiger partial charge in [-0.25, -0.2) is 0 Å². The van der Waals surface area contributed by atoms with Gasteiger partial charge in [0.1, 0.15) is 5.92 Å². The second kappa shape index (κ2) is 7.70. The quantitative estimate of drug-likeness (QED) is 0.520. The van der Waals surface area contributed by atoms with Crippen molar-refractivity contribution in [2.45, 2.75) is 20.3 Å². The Balaban J connectivity index is 4.01. The van der Waals surface area contributed by atoms with Crippen LogP contribution in [0.25, 0.3) is 0 Å². The van der Waals surface area contributed by atoms with Crippen molar-refractivity contribution in [3.8, 4) is 0 Å². The van der Waals surface area contributed by atoms with Crippen molar-refractivity contribution in [3.63, 3.8) is 0 Å². The fourth-order valence-electron chi connectivity index (χ4n) is 0.931. The summed E-state index contributed by atoms with van der Waals surface area (Å²) in [5, 5.41) is 8.99. The second-order valence-corrected chi connectivity index (χ2v) is 3.03. The SMILES string of the molecule is CCOCCC(C(=O)O)C(=S)OCC. The highest BCUT2D eigenvalue weighted by Gasteiger charge is 2.23. The summed E-state index contributed by atoms with van der Waals surface area (Å²) in [4.78, 5) is 10.8. The van der Waals surface area contributed by atoms with Gasteiger partial charge in [0.05, 0.1) is 6.61 Å². The van der Waals surface area contributed by atoms with Crippen molar-refractivity contribution in [1.29, 1.82) is 0 Å². The normalized spacial score (nSPS) is 12.1. The van der Waals surface area contributed by atoms with Crippen molar-refractivity contribution >= 4 is 23.2 Å². The van der Waals surface area contributed by atoms with Crippen LogP contribution in [-0.2, 0) is 14.3 Å². The van der Waals surface area contributed by atoms with Gasteiger partial charge in [-0.05, 0) is 32.5 Å². The Hall–Kier alpha value is -0.680. The van der Waals surface area contributed by atoms with E-state index in [1.54, 1.807) is 6.92 Å². The zero-order valence-electron chi connectivity index (χ0n) is 8.49. The first kappa shape index (κ1) is 13.3. The zero-order chi connectivity index (χ0) is 11.0. The third-order valence-corrected chi connectivity index (χ3v) is 2.03. The number of ether oxygens (including phenoxy) is 2. The number of carbonyl (C=O) groups is 1. The molecule has 14 heavy (non-hydrogen) atoms. The van der Waals surface area contributed by atoms with Crippen molar-refractivity contribution in [2.75, 3.05) is 19.8 Å². The minimum atomic E-state index is -0.955. The van der Waals surface area contributed by atoms with Gasteiger partial charge in [-0.2, -0.15) is 0 Å². The van der Waals surface area contributed by atoms with Crippen LogP contribution >= 0.6 is 12.2 Å². The minimum absolute atomic E-state index is 0.139. The molecule has 0 aromatic carbocycles. The maximum atomic E-state index is 10.8. The summed E-state index contributed by atoms with van der Waals surface area (Å²) < 4.78 is 10.1. The van der Waals surface area contributed by atoms with E-state index in [2.05, 4.69) is 0 Å². The molecule has 0 rings (SSSR count). The molecule has 0 aliphatic rings. The third kappa shape index (κ3) is 5.14. The number of aliphatic carboxylic acids is 1. The van der Waals surface area contributed by atoms with Crippen LogP contribution in [0.15, 0.2) is 0 Å². The lowest BCUT2D eigenvalue weighted by molar-refractivity contribution is -0.140. The molecule has 1 atom stereocenters. The summed E-state index contributed by atoms with van der Waals surface area (Å²) in [6, 6.07) is 0. The fraction of sp³-hybridized carbons (Fsp3) is 0.778. The lowest BCUT2D eigenvalue weighted by atomic mass is 10.1. The molecule has 0 aromatic rings. The highest BCUT2D eigenvalue weighted by molar-refractivity contribution is 7.80. The molecule has 0 aliphatic carbocycles. The van der Waals surface area contributed by atoms with Crippen LogP contribution < -0.4 is 0 Å². The third-order valence-electron chi connectivity index (χ3n) is 1.62. The molecule has 5 heteroatoms. The van der Waals surface area contributed by atoms with Crippen LogP contribution in [0.1, 0.15) is 20.3 Å². The number of hydrogen-bond donors (Lipinski definition) is 1. The lowest BCUT2D eigenvalue weighted by Crippen LogP contribution is -2.25. The average Bonchev–Trinajstić information content (AvgIpc) is 2.12. The van der Waals surface area contributed by atoms with Gasteiger partial charge >= 0.3 is 5.97 Å². The van der Waals surface area contributed by atoms with Crippen molar-refractivity contribution < 1.29 is 19.4 Å². The van der Waals surface area contributed by atoms with E-state index < -0.39 is 11.9 Å². The zero-order valence-corrected chi connectivity index (χ0v) is 9.30. The van der Waals surface area contributed by atoms with E-state index in [4.69, 9.17) is 26.8 Å². The smallest absolute Gasteiger partial charge is 0.315 e. The van der Waals surface area contributed by atoms with E-state index in [1.807, 2.05) is 6.92 Å². The summed E-state index contributed by atoms with van der Waals surface area (Å²) in [6.07, 6.45) is 0.363. The topological polar surface area (TPSA) is 55.8 Å². The predicted molar refractivity (Wildman–Crippen MR) is 56.5 cm³/mol. The van der Waals surface area contributed by atoms with Crippen molar-refractivity contribution in [3.05, 3.63) is 0 Å². The maximum Gasteiger partial charge on any atom is 0.315 e. The van der Waals surface area contributed by atoms with Crippen LogP contribution in [0, 0.1) is 5.92 Å². The van der Waals surface area contributed by atoms with Crippen LogP contribution in [0.3, 0.4) is 0 Å². The Morgan fingerprint density at radius 1 is 1.43 bits per heavy atom. The molecule has 82 valence electrons. The molecule has 0 aliphatic heterocycles. The van der Waals surface area contributed by atoms with Gasteiger partial charge < -0.3 is 14.6 Å². The molecule has 0 bridgehead atoms.